The quantitative estimate of drug-likeness (QED) is 0.786. The Labute approximate surface area is 152 Å². The van der Waals surface area contributed by atoms with Gasteiger partial charge in [-0.25, -0.2) is 0 Å². The van der Waals surface area contributed by atoms with Gasteiger partial charge in [-0.05, 0) is 42.3 Å². The Hall–Kier alpha value is -3.08. The van der Waals surface area contributed by atoms with Crippen molar-refractivity contribution in [1.82, 2.24) is 10.3 Å². The fraction of sp³-hybridized carbons (Fsp3) is 0.238. The van der Waals surface area contributed by atoms with Crippen LogP contribution in [0.25, 0.3) is 10.9 Å². The van der Waals surface area contributed by atoms with Gasteiger partial charge in [0.2, 0.25) is 0 Å². The number of ether oxygens (including phenoxy) is 2. The highest BCUT2D eigenvalue weighted by atomic mass is 16.5. The number of carbonyl (C=O) groups is 1. The average molecular weight is 348 g/mol. The second kappa shape index (κ2) is 7.04. The maximum absolute atomic E-state index is 12.5. The predicted molar refractivity (Wildman–Crippen MR) is 99.8 cm³/mol. The molecule has 5 heteroatoms. The number of pyridine rings is 1. The number of carbonyl (C=O) groups excluding carboxylic acids is 1. The van der Waals surface area contributed by atoms with Crippen LogP contribution in [-0.4, -0.2) is 31.2 Å². The molecule has 2 heterocycles. The lowest BCUT2D eigenvalue weighted by Crippen LogP contribution is -2.34. The van der Waals surface area contributed by atoms with Crippen LogP contribution in [0.2, 0.25) is 0 Å². The first kappa shape index (κ1) is 16.4. The summed E-state index contributed by atoms with van der Waals surface area (Å²) in [5.74, 6) is 1.74. The molecular weight excluding hydrogens is 328 g/mol. The summed E-state index contributed by atoms with van der Waals surface area (Å²) >= 11 is 0. The molecule has 0 bridgehead atoms. The molecule has 1 atom stereocenters. The average Bonchev–Trinajstić information content (AvgIpc) is 2.70. The topological polar surface area (TPSA) is 60.5 Å². The van der Waals surface area contributed by atoms with E-state index in [1.54, 1.807) is 13.3 Å². The Balaban J connectivity index is 1.41. The molecule has 4 rings (SSSR count). The molecule has 1 unspecified atom stereocenters. The van der Waals surface area contributed by atoms with E-state index in [-0.39, 0.29) is 11.8 Å². The number of hydrogen-bond acceptors (Lipinski definition) is 4. The highest BCUT2D eigenvalue weighted by molar-refractivity contribution is 5.97. The summed E-state index contributed by atoms with van der Waals surface area (Å²) in [6.07, 6.45) is 2.60. The Morgan fingerprint density at radius 3 is 3.08 bits per heavy atom. The third kappa shape index (κ3) is 3.20. The van der Waals surface area contributed by atoms with Gasteiger partial charge < -0.3 is 14.8 Å². The number of benzene rings is 2. The van der Waals surface area contributed by atoms with Crippen molar-refractivity contribution in [3.63, 3.8) is 0 Å². The van der Waals surface area contributed by atoms with Crippen LogP contribution >= 0.6 is 0 Å². The van der Waals surface area contributed by atoms with Gasteiger partial charge in [-0.3, -0.25) is 9.78 Å². The summed E-state index contributed by atoms with van der Waals surface area (Å²) in [5, 5.41) is 3.98. The third-order valence-corrected chi connectivity index (χ3v) is 4.67. The SMILES string of the molecule is COc1cccc2c1OCC(CNC(=O)c1ccc3ncccc3c1)C2. The van der Waals surface area contributed by atoms with E-state index in [1.807, 2.05) is 48.5 Å². The first-order chi connectivity index (χ1) is 12.7. The van der Waals surface area contributed by atoms with Crippen LogP contribution in [0.15, 0.2) is 54.7 Å². The molecule has 1 N–H and O–H groups in total. The number of hydrogen-bond donors (Lipinski definition) is 1. The smallest absolute Gasteiger partial charge is 0.251 e. The number of aromatic nitrogens is 1. The van der Waals surface area contributed by atoms with Crippen molar-refractivity contribution in [2.75, 3.05) is 20.3 Å². The van der Waals surface area contributed by atoms with E-state index in [0.717, 1.165) is 34.4 Å². The molecule has 26 heavy (non-hydrogen) atoms. The highest BCUT2D eigenvalue weighted by Gasteiger charge is 2.23. The lowest BCUT2D eigenvalue weighted by molar-refractivity contribution is 0.0938. The summed E-state index contributed by atoms with van der Waals surface area (Å²) in [4.78, 5) is 16.8. The standard InChI is InChI=1S/C21H20N2O3/c1-25-19-6-2-4-16-10-14(13-26-20(16)19)12-23-21(24)17-7-8-18-15(11-17)5-3-9-22-18/h2-9,11,14H,10,12-13H2,1H3,(H,23,24). The highest BCUT2D eigenvalue weighted by Crippen LogP contribution is 2.35. The van der Waals surface area contributed by atoms with Crippen LogP contribution in [0, 0.1) is 5.92 Å². The molecule has 1 aliphatic heterocycles. The number of rotatable bonds is 4. The molecule has 2 aromatic carbocycles. The molecule has 1 amide bonds. The molecule has 0 radical (unpaired) electrons. The molecule has 0 fully saturated rings. The third-order valence-electron chi connectivity index (χ3n) is 4.67. The zero-order valence-corrected chi connectivity index (χ0v) is 14.6. The fourth-order valence-corrected chi connectivity index (χ4v) is 3.30. The zero-order valence-electron chi connectivity index (χ0n) is 14.6. The van der Waals surface area contributed by atoms with E-state index in [9.17, 15) is 4.79 Å². The molecule has 5 nitrogen and oxygen atoms in total. The van der Waals surface area contributed by atoms with Gasteiger partial charge in [0.25, 0.3) is 5.91 Å². The van der Waals surface area contributed by atoms with Gasteiger partial charge >= 0.3 is 0 Å². The van der Waals surface area contributed by atoms with E-state index < -0.39 is 0 Å². The van der Waals surface area contributed by atoms with E-state index in [0.29, 0.717) is 18.7 Å². The molecule has 132 valence electrons. The summed E-state index contributed by atoms with van der Waals surface area (Å²) in [6, 6.07) is 15.3. The molecule has 1 aromatic heterocycles. The number of nitrogens with zero attached hydrogens (tertiary/aromatic N) is 1. The normalized spacial score (nSPS) is 15.8. The lowest BCUT2D eigenvalue weighted by atomic mass is 9.96. The van der Waals surface area contributed by atoms with Gasteiger partial charge in [-0.1, -0.05) is 18.2 Å². The van der Waals surface area contributed by atoms with E-state index in [4.69, 9.17) is 9.47 Å². The van der Waals surface area contributed by atoms with Crippen LogP contribution in [-0.2, 0) is 6.42 Å². The minimum atomic E-state index is -0.0767. The summed E-state index contributed by atoms with van der Waals surface area (Å²) in [5.41, 5.74) is 2.64. The van der Waals surface area contributed by atoms with Gasteiger partial charge in [-0.2, -0.15) is 0 Å². The number of methoxy groups -OCH3 is 1. The van der Waals surface area contributed by atoms with Crippen molar-refractivity contribution >= 4 is 16.8 Å². The van der Waals surface area contributed by atoms with Gasteiger partial charge in [0.15, 0.2) is 11.5 Å². The molecule has 0 aliphatic carbocycles. The van der Waals surface area contributed by atoms with Gasteiger partial charge in [0.05, 0.1) is 19.2 Å². The van der Waals surface area contributed by atoms with Crippen LogP contribution in [0.3, 0.4) is 0 Å². The first-order valence-corrected chi connectivity index (χ1v) is 8.66. The number of nitrogens with one attached hydrogen (secondary N) is 1. The zero-order chi connectivity index (χ0) is 17.9. The van der Waals surface area contributed by atoms with E-state index in [1.165, 1.54) is 0 Å². The number of fused-ring (bicyclic) bond motifs is 2. The monoisotopic (exact) mass is 348 g/mol. The number of para-hydroxylation sites is 1. The van der Waals surface area contributed by atoms with Crippen molar-refractivity contribution in [3.8, 4) is 11.5 Å². The Bertz CT molecular complexity index is 955. The molecule has 3 aromatic rings. The second-order valence-corrected chi connectivity index (χ2v) is 6.45. The van der Waals surface area contributed by atoms with Crippen LogP contribution in [0.1, 0.15) is 15.9 Å². The summed E-state index contributed by atoms with van der Waals surface area (Å²) in [7, 11) is 1.64. The number of amides is 1. The minimum absolute atomic E-state index is 0.0767. The fourth-order valence-electron chi connectivity index (χ4n) is 3.30. The van der Waals surface area contributed by atoms with Gasteiger partial charge in [0, 0.05) is 29.6 Å². The molecular formula is C21H20N2O3. The van der Waals surface area contributed by atoms with Crippen molar-refractivity contribution in [2.24, 2.45) is 5.92 Å². The first-order valence-electron chi connectivity index (χ1n) is 8.66. The molecule has 0 saturated carbocycles. The van der Waals surface area contributed by atoms with Crippen molar-refractivity contribution in [2.45, 2.75) is 6.42 Å². The van der Waals surface area contributed by atoms with Gasteiger partial charge in [0.1, 0.15) is 0 Å². The van der Waals surface area contributed by atoms with Crippen molar-refractivity contribution in [1.29, 1.82) is 0 Å². The largest absolute Gasteiger partial charge is 0.493 e. The van der Waals surface area contributed by atoms with Crippen LogP contribution < -0.4 is 14.8 Å². The van der Waals surface area contributed by atoms with Crippen LogP contribution in [0.4, 0.5) is 0 Å². The summed E-state index contributed by atoms with van der Waals surface area (Å²) in [6.45, 7) is 1.13. The maximum atomic E-state index is 12.5. The lowest BCUT2D eigenvalue weighted by Gasteiger charge is -2.26. The van der Waals surface area contributed by atoms with Crippen molar-refractivity contribution in [3.05, 3.63) is 65.9 Å². The Morgan fingerprint density at radius 1 is 1.27 bits per heavy atom. The molecule has 0 spiro atoms. The molecule has 0 saturated heterocycles. The van der Waals surface area contributed by atoms with E-state index >= 15 is 0 Å². The Kier molecular flexibility index (Phi) is 4.44. The minimum Gasteiger partial charge on any atom is -0.493 e. The van der Waals surface area contributed by atoms with E-state index in [2.05, 4.69) is 10.3 Å². The Morgan fingerprint density at radius 2 is 2.19 bits per heavy atom. The van der Waals surface area contributed by atoms with Crippen LogP contribution in [0.5, 0.6) is 11.5 Å². The second-order valence-electron chi connectivity index (χ2n) is 6.45. The van der Waals surface area contributed by atoms with Crippen molar-refractivity contribution < 1.29 is 14.3 Å². The molecule has 1 aliphatic rings. The summed E-state index contributed by atoms with van der Waals surface area (Å²) < 4.78 is 11.2. The predicted octanol–water partition coefficient (Wildman–Crippen LogP) is 3.22. The van der Waals surface area contributed by atoms with Gasteiger partial charge in [-0.15, -0.1) is 0 Å². The maximum Gasteiger partial charge on any atom is 0.251 e.